The van der Waals surface area contributed by atoms with Gasteiger partial charge in [-0.05, 0) is 50.6 Å². The van der Waals surface area contributed by atoms with Gasteiger partial charge in [0.1, 0.15) is 5.75 Å². The summed E-state index contributed by atoms with van der Waals surface area (Å²) in [7, 11) is 0. The van der Waals surface area contributed by atoms with Crippen LogP contribution in [0.25, 0.3) is 0 Å². The van der Waals surface area contributed by atoms with Gasteiger partial charge in [0.25, 0.3) is 0 Å². The van der Waals surface area contributed by atoms with Crippen LogP contribution in [0.2, 0.25) is 0 Å². The molecule has 0 radical (unpaired) electrons. The molecule has 0 aliphatic heterocycles. The number of ether oxygens (including phenoxy) is 1. The molecule has 108 valence electrons. The number of nitriles is 1. The Balaban J connectivity index is 2.15. The molecule has 2 aromatic carbocycles. The molecule has 0 spiro atoms. The second-order valence-electron chi connectivity index (χ2n) is 5.26. The van der Waals surface area contributed by atoms with Gasteiger partial charge < -0.3 is 10.1 Å². The monoisotopic (exact) mass is 280 g/mol. The van der Waals surface area contributed by atoms with E-state index in [4.69, 9.17) is 10.00 Å². The number of rotatable bonds is 5. The zero-order chi connectivity index (χ0) is 15.2. The Hall–Kier alpha value is -2.47. The molecule has 0 amide bonds. The number of benzene rings is 2. The van der Waals surface area contributed by atoms with E-state index in [1.807, 2.05) is 62.4 Å². The van der Waals surface area contributed by atoms with Crippen LogP contribution in [0.1, 0.15) is 37.9 Å². The van der Waals surface area contributed by atoms with E-state index in [2.05, 4.69) is 18.3 Å². The molecule has 1 N–H and O–H groups in total. The molecule has 0 bridgehead atoms. The van der Waals surface area contributed by atoms with Gasteiger partial charge in [-0.2, -0.15) is 5.26 Å². The predicted octanol–water partition coefficient (Wildman–Crippen LogP) is 4.52. The van der Waals surface area contributed by atoms with E-state index < -0.39 is 0 Å². The third kappa shape index (κ3) is 4.00. The maximum atomic E-state index is 8.84. The van der Waals surface area contributed by atoms with Gasteiger partial charge in [-0.1, -0.05) is 24.3 Å². The number of hydrogen-bond donors (Lipinski definition) is 1. The normalized spacial score (nSPS) is 11.8. The summed E-state index contributed by atoms with van der Waals surface area (Å²) in [5.41, 5.74) is 2.78. The summed E-state index contributed by atoms with van der Waals surface area (Å²) >= 11 is 0. The lowest BCUT2D eigenvalue weighted by Gasteiger charge is -2.20. The quantitative estimate of drug-likeness (QED) is 0.875. The van der Waals surface area contributed by atoms with Crippen molar-refractivity contribution in [2.45, 2.75) is 32.9 Å². The van der Waals surface area contributed by atoms with Crippen LogP contribution in [-0.2, 0) is 0 Å². The Labute approximate surface area is 126 Å². The van der Waals surface area contributed by atoms with Crippen molar-refractivity contribution in [3.05, 3.63) is 59.7 Å². The molecule has 3 heteroatoms. The third-order valence-electron chi connectivity index (χ3n) is 3.16. The predicted molar refractivity (Wildman–Crippen MR) is 85.4 cm³/mol. The van der Waals surface area contributed by atoms with E-state index in [-0.39, 0.29) is 12.1 Å². The van der Waals surface area contributed by atoms with Crippen LogP contribution < -0.4 is 10.1 Å². The fraction of sp³-hybridized carbons (Fsp3) is 0.278. The summed E-state index contributed by atoms with van der Waals surface area (Å²) in [6.45, 7) is 6.12. The Kier molecular flexibility index (Phi) is 4.84. The zero-order valence-electron chi connectivity index (χ0n) is 12.6. The Morgan fingerprint density at radius 2 is 1.67 bits per heavy atom. The summed E-state index contributed by atoms with van der Waals surface area (Å²) in [5.74, 6) is 0.855. The molecular weight excluding hydrogens is 260 g/mol. The number of para-hydroxylation sites is 2. The Morgan fingerprint density at radius 1 is 1.00 bits per heavy atom. The van der Waals surface area contributed by atoms with Gasteiger partial charge in [0.2, 0.25) is 0 Å². The van der Waals surface area contributed by atoms with Crippen molar-refractivity contribution in [3.63, 3.8) is 0 Å². The lowest BCUT2D eigenvalue weighted by atomic mass is 10.1. The highest BCUT2D eigenvalue weighted by Crippen LogP contribution is 2.28. The second-order valence-corrected chi connectivity index (χ2v) is 5.26. The minimum atomic E-state index is 0.134. The van der Waals surface area contributed by atoms with Crippen LogP contribution in [0.5, 0.6) is 5.75 Å². The smallest absolute Gasteiger partial charge is 0.142 e. The summed E-state index contributed by atoms with van der Waals surface area (Å²) in [4.78, 5) is 0. The van der Waals surface area contributed by atoms with Crippen molar-refractivity contribution in [1.29, 1.82) is 5.26 Å². The van der Waals surface area contributed by atoms with E-state index >= 15 is 0 Å². The van der Waals surface area contributed by atoms with Crippen molar-refractivity contribution < 1.29 is 4.74 Å². The Bertz CT molecular complexity index is 626. The van der Waals surface area contributed by atoms with Crippen molar-refractivity contribution in [3.8, 4) is 11.8 Å². The highest BCUT2D eigenvalue weighted by Gasteiger charge is 2.10. The molecular formula is C18H20N2O. The molecule has 0 heterocycles. The molecule has 0 aromatic heterocycles. The lowest BCUT2D eigenvalue weighted by Crippen LogP contribution is -2.11. The maximum Gasteiger partial charge on any atom is 0.142 e. The molecule has 0 saturated heterocycles. The number of hydrogen-bond acceptors (Lipinski definition) is 3. The van der Waals surface area contributed by atoms with Crippen LogP contribution in [0, 0.1) is 11.3 Å². The largest absolute Gasteiger partial charge is 0.489 e. The molecule has 1 atom stereocenters. The van der Waals surface area contributed by atoms with Gasteiger partial charge in [0.05, 0.1) is 23.4 Å². The van der Waals surface area contributed by atoms with Gasteiger partial charge in [-0.25, -0.2) is 0 Å². The van der Waals surface area contributed by atoms with Crippen LogP contribution >= 0.6 is 0 Å². The molecule has 2 rings (SSSR count). The van der Waals surface area contributed by atoms with Crippen LogP contribution in [0.15, 0.2) is 48.5 Å². The Morgan fingerprint density at radius 3 is 2.29 bits per heavy atom. The van der Waals surface area contributed by atoms with Crippen LogP contribution in [0.3, 0.4) is 0 Å². The lowest BCUT2D eigenvalue weighted by molar-refractivity contribution is 0.243. The fourth-order valence-corrected chi connectivity index (χ4v) is 2.11. The summed E-state index contributed by atoms with van der Waals surface area (Å²) in [5, 5.41) is 12.3. The topological polar surface area (TPSA) is 45.0 Å². The molecule has 0 aliphatic rings. The van der Waals surface area contributed by atoms with Crippen LogP contribution in [0.4, 0.5) is 5.69 Å². The highest BCUT2D eigenvalue weighted by atomic mass is 16.5. The standard InChI is InChI=1S/C18H20N2O/c1-13(2)21-18-7-5-4-6-17(18)20-14(3)16-10-8-15(12-19)9-11-16/h4-11,13-14,20H,1-3H3. The van der Waals surface area contributed by atoms with Gasteiger partial charge in [-0.15, -0.1) is 0 Å². The van der Waals surface area contributed by atoms with E-state index in [1.54, 1.807) is 0 Å². The molecule has 2 aromatic rings. The summed E-state index contributed by atoms with van der Waals surface area (Å²) in [6.07, 6.45) is 0.137. The molecule has 21 heavy (non-hydrogen) atoms. The molecule has 3 nitrogen and oxygen atoms in total. The van der Waals surface area contributed by atoms with Crippen LogP contribution in [-0.4, -0.2) is 6.10 Å². The first kappa shape index (κ1) is 14.9. The van der Waals surface area contributed by atoms with Gasteiger partial charge in [0.15, 0.2) is 0 Å². The van der Waals surface area contributed by atoms with Crippen molar-refractivity contribution in [2.75, 3.05) is 5.32 Å². The van der Waals surface area contributed by atoms with E-state index in [0.717, 1.165) is 17.0 Å². The van der Waals surface area contributed by atoms with E-state index in [0.29, 0.717) is 5.56 Å². The van der Waals surface area contributed by atoms with E-state index in [9.17, 15) is 0 Å². The zero-order valence-corrected chi connectivity index (χ0v) is 12.6. The van der Waals surface area contributed by atoms with Crippen molar-refractivity contribution in [2.24, 2.45) is 0 Å². The minimum Gasteiger partial charge on any atom is -0.489 e. The maximum absolute atomic E-state index is 8.84. The van der Waals surface area contributed by atoms with Gasteiger partial charge in [0, 0.05) is 6.04 Å². The average Bonchev–Trinajstić information content (AvgIpc) is 2.49. The van der Waals surface area contributed by atoms with Gasteiger partial charge >= 0.3 is 0 Å². The average molecular weight is 280 g/mol. The van der Waals surface area contributed by atoms with Gasteiger partial charge in [-0.3, -0.25) is 0 Å². The minimum absolute atomic E-state index is 0.134. The molecule has 1 unspecified atom stereocenters. The van der Waals surface area contributed by atoms with Crippen molar-refractivity contribution in [1.82, 2.24) is 0 Å². The second kappa shape index (κ2) is 6.81. The first-order valence-electron chi connectivity index (χ1n) is 7.12. The molecule has 0 aliphatic carbocycles. The molecule has 0 fully saturated rings. The SMILES string of the molecule is CC(C)Oc1ccccc1NC(C)c1ccc(C#N)cc1. The number of anilines is 1. The first-order valence-corrected chi connectivity index (χ1v) is 7.12. The highest BCUT2D eigenvalue weighted by molar-refractivity contribution is 5.57. The fourth-order valence-electron chi connectivity index (χ4n) is 2.11. The summed E-state index contributed by atoms with van der Waals surface area (Å²) < 4.78 is 5.81. The van der Waals surface area contributed by atoms with Crippen molar-refractivity contribution >= 4 is 5.69 Å². The first-order chi connectivity index (χ1) is 10.1. The van der Waals surface area contributed by atoms with E-state index in [1.165, 1.54) is 0 Å². The third-order valence-corrected chi connectivity index (χ3v) is 3.16. The number of nitrogens with zero attached hydrogens (tertiary/aromatic N) is 1. The summed E-state index contributed by atoms with van der Waals surface area (Å²) in [6, 6.07) is 17.8. The molecule has 0 saturated carbocycles. The number of nitrogens with one attached hydrogen (secondary N) is 1.